The van der Waals surface area contributed by atoms with Crippen LogP contribution in [0.4, 0.5) is 8.78 Å². The number of carbonyl (C=O) groups excluding carboxylic acids is 1. The monoisotopic (exact) mass is 362 g/mol. The van der Waals surface area contributed by atoms with E-state index in [1.165, 1.54) is 31.4 Å². The Morgan fingerprint density at radius 2 is 1.85 bits per heavy atom. The van der Waals surface area contributed by atoms with Gasteiger partial charge in [-0.25, -0.2) is 0 Å². The van der Waals surface area contributed by atoms with Gasteiger partial charge in [-0.15, -0.1) is 0 Å². The SMILES string of the molecule is COc1ccc(/C=C/C(=O)c2ccc3c(c2)OCCO3)cc1OC(F)F. The lowest BCUT2D eigenvalue weighted by Gasteiger charge is -2.18. The number of ketones is 1. The van der Waals surface area contributed by atoms with Crippen molar-refractivity contribution >= 4 is 11.9 Å². The van der Waals surface area contributed by atoms with Gasteiger partial charge in [-0.3, -0.25) is 4.79 Å². The highest BCUT2D eigenvalue weighted by Crippen LogP contribution is 2.32. The molecular weight excluding hydrogens is 346 g/mol. The zero-order chi connectivity index (χ0) is 18.5. The van der Waals surface area contributed by atoms with E-state index in [9.17, 15) is 13.6 Å². The topological polar surface area (TPSA) is 54.0 Å². The van der Waals surface area contributed by atoms with Crippen LogP contribution in [0.2, 0.25) is 0 Å². The Labute approximate surface area is 148 Å². The Morgan fingerprint density at radius 1 is 1.08 bits per heavy atom. The summed E-state index contributed by atoms with van der Waals surface area (Å²) in [5, 5.41) is 0. The van der Waals surface area contributed by atoms with Gasteiger partial charge in [0.05, 0.1) is 7.11 Å². The van der Waals surface area contributed by atoms with Crippen molar-refractivity contribution in [1.29, 1.82) is 0 Å². The second-order valence-corrected chi connectivity index (χ2v) is 5.34. The molecule has 0 N–H and O–H groups in total. The van der Waals surface area contributed by atoms with Crippen molar-refractivity contribution < 1.29 is 32.5 Å². The zero-order valence-electron chi connectivity index (χ0n) is 13.9. The highest BCUT2D eigenvalue weighted by atomic mass is 19.3. The molecule has 3 rings (SSSR count). The van der Waals surface area contributed by atoms with E-state index in [2.05, 4.69) is 4.74 Å². The van der Waals surface area contributed by atoms with Crippen molar-refractivity contribution in [3.8, 4) is 23.0 Å². The molecule has 1 heterocycles. The highest BCUT2D eigenvalue weighted by molar-refractivity contribution is 6.07. The predicted molar refractivity (Wildman–Crippen MR) is 90.4 cm³/mol. The van der Waals surface area contributed by atoms with Crippen molar-refractivity contribution in [2.24, 2.45) is 0 Å². The van der Waals surface area contributed by atoms with Gasteiger partial charge >= 0.3 is 6.61 Å². The summed E-state index contributed by atoms with van der Waals surface area (Å²) in [6, 6.07) is 9.42. The largest absolute Gasteiger partial charge is 0.493 e. The van der Waals surface area contributed by atoms with E-state index in [4.69, 9.17) is 14.2 Å². The second kappa shape index (κ2) is 7.86. The molecule has 0 saturated heterocycles. The standard InChI is InChI=1S/C19H16F2O5/c1-23-15-6-3-12(10-18(15)26-19(20)21)2-5-14(22)13-4-7-16-17(11-13)25-9-8-24-16/h2-7,10-11,19H,8-9H2,1H3/b5-2+. The summed E-state index contributed by atoms with van der Waals surface area (Å²) in [6.07, 6.45) is 2.86. The van der Waals surface area contributed by atoms with Crippen LogP contribution in [0.5, 0.6) is 23.0 Å². The molecule has 0 fully saturated rings. The quantitative estimate of drug-likeness (QED) is 0.575. The summed E-state index contributed by atoms with van der Waals surface area (Å²) in [5.74, 6) is 0.944. The van der Waals surface area contributed by atoms with Gasteiger partial charge in [0.25, 0.3) is 0 Å². The van der Waals surface area contributed by atoms with Crippen LogP contribution < -0.4 is 18.9 Å². The molecule has 26 heavy (non-hydrogen) atoms. The predicted octanol–water partition coefficient (Wildman–Crippen LogP) is 3.96. The lowest BCUT2D eigenvalue weighted by molar-refractivity contribution is -0.0512. The Morgan fingerprint density at radius 3 is 2.58 bits per heavy atom. The fourth-order valence-electron chi connectivity index (χ4n) is 2.45. The Hall–Kier alpha value is -3.09. The number of ether oxygens (including phenoxy) is 4. The van der Waals surface area contributed by atoms with E-state index in [0.717, 1.165) is 0 Å². The smallest absolute Gasteiger partial charge is 0.387 e. The van der Waals surface area contributed by atoms with Crippen LogP contribution in [-0.2, 0) is 0 Å². The van der Waals surface area contributed by atoms with Crippen LogP contribution in [0.25, 0.3) is 6.08 Å². The number of rotatable bonds is 6. The van der Waals surface area contributed by atoms with Gasteiger partial charge in [-0.05, 0) is 42.0 Å². The van der Waals surface area contributed by atoms with E-state index in [0.29, 0.717) is 35.8 Å². The van der Waals surface area contributed by atoms with Gasteiger partial charge in [-0.1, -0.05) is 12.1 Å². The number of halogens is 2. The van der Waals surface area contributed by atoms with Crippen molar-refractivity contribution in [2.45, 2.75) is 6.61 Å². The van der Waals surface area contributed by atoms with Crippen molar-refractivity contribution in [3.05, 3.63) is 53.6 Å². The van der Waals surface area contributed by atoms with E-state index in [-0.39, 0.29) is 17.3 Å². The van der Waals surface area contributed by atoms with Crippen molar-refractivity contribution in [3.63, 3.8) is 0 Å². The first-order valence-corrected chi connectivity index (χ1v) is 7.82. The van der Waals surface area contributed by atoms with E-state index >= 15 is 0 Å². The van der Waals surface area contributed by atoms with Crippen molar-refractivity contribution in [1.82, 2.24) is 0 Å². The maximum Gasteiger partial charge on any atom is 0.387 e. The Balaban J connectivity index is 1.77. The first kappa shape index (κ1) is 17.7. The first-order valence-electron chi connectivity index (χ1n) is 7.82. The first-order chi connectivity index (χ1) is 12.6. The molecule has 1 aliphatic heterocycles. The summed E-state index contributed by atoms with van der Waals surface area (Å²) in [4.78, 5) is 12.3. The fraction of sp³-hybridized carbons (Fsp3) is 0.211. The Kier molecular flexibility index (Phi) is 5.36. The summed E-state index contributed by atoms with van der Waals surface area (Å²) in [5.41, 5.74) is 0.954. The number of hydrogen-bond acceptors (Lipinski definition) is 5. The van der Waals surface area contributed by atoms with Gasteiger partial charge in [0.15, 0.2) is 28.8 Å². The van der Waals surface area contributed by atoms with Crippen LogP contribution in [-0.4, -0.2) is 32.7 Å². The minimum Gasteiger partial charge on any atom is -0.493 e. The average Bonchev–Trinajstić information content (AvgIpc) is 2.65. The van der Waals surface area contributed by atoms with Gasteiger partial charge in [0.1, 0.15) is 13.2 Å². The highest BCUT2D eigenvalue weighted by Gasteiger charge is 2.14. The third-order valence-electron chi connectivity index (χ3n) is 3.66. The van der Waals surface area contributed by atoms with Crippen LogP contribution in [0.15, 0.2) is 42.5 Å². The number of fused-ring (bicyclic) bond motifs is 1. The van der Waals surface area contributed by atoms with Crippen LogP contribution in [0, 0.1) is 0 Å². The minimum atomic E-state index is -2.97. The molecule has 7 heteroatoms. The molecule has 0 saturated carbocycles. The second-order valence-electron chi connectivity index (χ2n) is 5.34. The summed E-state index contributed by atoms with van der Waals surface area (Å²) >= 11 is 0. The summed E-state index contributed by atoms with van der Waals surface area (Å²) in [7, 11) is 1.36. The molecule has 0 spiro atoms. The fourth-order valence-corrected chi connectivity index (χ4v) is 2.45. The molecule has 2 aromatic carbocycles. The van der Waals surface area contributed by atoms with Gasteiger partial charge in [-0.2, -0.15) is 8.78 Å². The molecule has 0 radical (unpaired) electrons. The average molecular weight is 362 g/mol. The molecular formula is C19H16F2O5. The number of allylic oxidation sites excluding steroid dienone is 1. The van der Waals surface area contributed by atoms with Gasteiger partial charge < -0.3 is 18.9 Å². The number of methoxy groups -OCH3 is 1. The normalized spacial score (nSPS) is 13.1. The third kappa shape index (κ3) is 4.11. The summed E-state index contributed by atoms with van der Waals surface area (Å²) < 4.78 is 45.2. The van der Waals surface area contributed by atoms with E-state index in [1.54, 1.807) is 24.3 Å². The number of carbonyl (C=O) groups is 1. The minimum absolute atomic E-state index is 0.101. The number of alkyl halides is 2. The molecule has 0 bridgehead atoms. The zero-order valence-corrected chi connectivity index (χ0v) is 13.9. The molecule has 0 unspecified atom stereocenters. The van der Waals surface area contributed by atoms with E-state index < -0.39 is 6.61 Å². The molecule has 0 amide bonds. The molecule has 0 aliphatic carbocycles. The molecule has 2 aromatic rings. The van der Waals surface area contributed by atoms with Crippen LogP contribution in [0.3, 0.4) is 0 Å². The molecule has 0 aromatic heterocycles. The number of hydrogen-bond donors (Lipinski definition) is 0. The lowest BCUT2D eigenvalue weighted by atomic mass is 10.1. The van der Waals surface area contributed by atoms with E-state index in [1.807, 2.05) is 0 Å². The molecule has 5 nitrogen and oxygen atoms in total. The summed E-state index contributed by atoms with van der Waals surface area (Å²) in [6.45, 7) is -2.07. The van der Waals surface area contributed by atoms with Crippen molar-refractivity contribution in [2.75, 3.05) is 20.3 Å². The molecule has 1 aliphatic rings. The lowest BCUT2D eigenvalue weighted by Crippen LogP contribution is -2.15. The molecule has 136 valence electrons. The Bertz CT molecular complexity index is 833. The van der Waals surface area contributed by atoms with Gasteiger partial charge in [0, 0.05) is 5.56 Å². The molecule has 0 atom stereocenters. The van der Waals surface area contributed by atoms with Gasteiger partial charge in [0.2, 0.25) is 0 Å². The van der Waals surface area contributed by atoms with Crippen LogP contribution in [0.1, 0.15) is 15.9 Å². The third-order valence-corrected chi connectivity index (χ3v) is 3.66. The maximum atomic E-state index is 12.5. The maximum absolute atomic E-state index is 12.5. The van der Waals surface area contributed by atoms with Crippen LogP contribution >= 0.6 is 0 Å². The number of benzene rings is 2.